The quantitative estimate of drug-likeness (QED) is 0.789. The summed E-state index contributed by atoms with van der Waals surface area (Å²) in [4.78, 5) is 24.6. The number of hydrogen-bond donors (Lipinski definition) is 1. The third-order valence-corrected chi connectivity index (χ3v) is 2.89. The number of aliphatic carboxylic acids is 1. The molecule has 116 valence electrons. The van der Waals surface area contributed by atoms with Crippen molar-refractivity contribution < 1.29 is 28.9 Å². The molecule has 0 bridgehead atoms. The van der Waals surface area contributed by atoms with E-state index in [1.165, 1.54) is 12.0 Å². The number of hydrogen-bond acceptors (Lipinski definition) is 5. The van der Waals surface area contributed by atoms with Crippen molar-refractivity contribution in [3.8, 4) is 0 Å². The van der Waals surface area contributed by atoms with E-state index in [-0.39, 0.29) is 19.3 Å². The fourth-order valence-corrected chi connectivity index (χ4v) is 2.02. The lowest BCUT2D eigenvalue weighted by Gasteiger charge is -2.37. The fraction of sp³-hybridized carbons (Fsp3) is 0.846. The van der Waals surface area contributed by atoms with Crippen molar-refractivity contribution in [2.45, 2.75) is 51.4 Å². The van der Waals surface area contributed by atoms with Gasteiger partial charge >= 0.3 is 12.1 Å². The first-order valence-electron chi connectivity index (χ1n) is 6.57. The van der Waals surface area contributed by atoms with Crippen LogP contribution in [-0.2, 0) is 19.0 Å². The van der Waals surface area contributed by atoms with E-state index in [4.69, 9.17) is 14.2 Å². The molecule has 0 radical (unpaired) electrons. The van der Waals surface area contributed by atoms with E-state index in [9.17, 15) is 14.7 Å². The third-order valence-electron chi connectivity index (χ3n) is 2.89. The monoisotopic (exact) mass is 289 g/mol. The molecule has 1 rings (SSSR count). The summed E-state index contributed by atoms with van der Waals surface area (Å²) in [5.74, 6) is -1.05. The van der Waals surface area contributed by atoms with Crippen LogP contribution >= 0.6 is 0 Å². The highest BCUT2D eigenvalue weighted by Crippen LogP contribution is 2.23. The van der Waals surface area contributed by atoms with Gasteiger partial charge in [-0.1, -0.05) is 0 Å². The maximum Gasteiger partial charge on any atom is 0.411 e. The number of rotatable bonds is 4. The molecule has 20 heavy (non-hydrogen) atoms. The molecule has 0 aromatic rings. The van der Waals surface area contributed by atoms with Crippen LogP contribution in [0.5, 0.6) is 0 Å². The molecule has 1 saturated heterocycles. The first-order chi connectivity index (χ1) is 9.24. The van der Waals surface area contributed by atoms with E-state index in [0.29, 0.717) is 13.0 Å². The lowest BCUT2D eigenvalue weighted by atomic mass is 10.00. The highest BCUT2D eigenvalue weighted by molar-refractivity contribution is 5.80. The van der Waals surface area contributed by atoms with Crippen LogP contribution in [-0.4, -0.2) is 60.3 Å². The molecule has 0 aromatic heterocycles. The molecular weight excluding hydrogens is 266 g/mol. The molecule has 1 fully saturated rings. The predicted octanol–water partition coefficient (Wildman–Crippen LogP) is 1.46. The van der Waals surface area contributed by atoms with E-state index in [1.54, 1.807) is 20.8 Å². The van der Waals surface area contributed by atoms with Gasteiger partial charge in [0.15, 0.2) is 0 Å². The Morgan fingerprint density at radius 2 is 2.00 bits per heavy atom. The summed E-state index contributed by atoms with van der Waals surface area (Å²) in [7, 11) is 1.50. The number of carboxylic acids is 1. The molecule has 1 heterocycles. The van der Waals surface area contributed by atoms with Crippen LogP contribution in [0.15, 0.2) is 0 Å². The summed E-state index contributed by atoms with van der Waals surface area (Å²) in [5.41, 5.74) is -0.649. The van der Waals surface area contributed by atoms with Crippen molar-refractivity contribution in [2.24, 2.45) is 0 Å². The van der Waals surface area contributed by atoms with E-state index in [1.807, 2.05) is 0 Å². The number of methoxy groups -OCH3 is 1. The van der Waals surface area contributed by atoms with Crippen LogP contribution in [0.25, 0.3) is 0 Å². The molecule has 1 aliphatic rings. The van der Waals surface area contributed by atoms with Crippen molar-refractivity contribution in [2.75, 3.05) is 20.4 Å². The van der Waals surface area contributed by atoms with Crippen molar-refractivity contribution in [1.29, 1.82) is 0 Å². The molecule has 7 nitrogen and oxygen atoms in total. The third kappa shape index (κ3) is 4.97. The van der Waals surface area contributed by atoms with Gasteiger partial charge < -0.3 is 19.3 Å². The normalized spacial score (nSPS) is 23.5. The van der Waals surface area contributed by atoms with E-state index in [2.05, 4.69) is 0 Å². The van der Waals surface area contributed by atoms with Crippen LogP contribution in [0, 0.1) is 0 Å². The number of carboxylic acid groups (broad SMARTS) is 1. The Balaban J connectivity index is 2.67. The van der Waals surface area contributed by atoms with Gasteiger partial charge in [0.2, 0.25) is 0 Å². The number of carbonyl (C=O) groups is 2. The molecule has 0 aliphatic carbocycles. The lowest BCUT2D eigenvalue weighted by Crippen LogP contribution is -2.53. The summed E-state index contributed by atoms with van der Waals surface area (Å²) in [5, 5.41) is 9.26. The van der Waals surface area contributed by atoms with Gasteiger partial charge in [-0.15, -0.1) is 0 Å². The van der Waals surface area contributed by atoms with Crippen molar-refractivity contribution in [3.05, 3.63) is 0 Å². The Bertz CT molecular complexity index is 351. The van der Waals surface area contributed by atoms with Gasteiger partial charge in [0, 0.05) is 20.1 Å². The molecule has 0 spiro atoms. The summed E-state index contributed by atoms with van der Waals surface area (Å²) in [6, 6.07) is -0.930. The standard InChI is InChI=1S/C13H23NO6/c1-13(2,3)20-12(17)14-6-5-9(19-8-18-4)7-10(14)11(15)16/h9-10H,5-8H2,1-4H3,(H,15,16)/t9-,10-/m1/s1. The molecule has 1 N–H and O–H groups in total. The Morgan fingerprint density at radius 3 is 2.50 bits per heavy atom. The molecule has 0 unspecified atom stereocenters. The van der Waals surface area contributed by atoms with Crippen LogP contribution in [0.4, 0.5) is 4.79 Å². The molecule has 7 heteroatoms. The summed E-state index contributed by atoms with van der Waals surface area (Å²) in [6.45, 7) is 5.64. The minimum Gasteiger partial charge on any atom is -0.480 e. The molecule has 0 saturated carbocycles. The maximum atomic E-state index is 12.0. The molecular formula is C13H23NO6. The van der Waals surface area contributed by atoms with E-state index < -0.39 is 23.7 Å². The highest BCUT2D eigenvalue weighted by Gasteiger charge is 2.38. The first kappa shape index (κ1) is 16.7. The van der Waals surface area contributed by atoms with Crippen molar-refractivity contribution >= 4 is 12.1 Å². The van der Waals surface area contributed by atoms with Crippen molar-refractivity contribution in [3.63, 3.8) is 0 Å². The predicted molar refractivity (Wildman–Crippen MR) is 70.3 cm³/mol. The Morgan fingerprint density at radius 1 is 1.35 bits per heavy atom. The second-order valence-electron chi connectivity index (χ2n) is 5.75. The Kier molecular flexibility index (Phi) is 5.76. The molecule has 1 aliphatic heterocycles. The van der Waals surface area contributed by atoms with Gasteiger partial charge in [0.25, 0.3) is 0 Å². The van der Waals surface area contributed by atoms with Gasteiger partial charge in [-0.3, -0.25) is 4.90 Å². The highest BCUT2D eigenvalue weighted by atomic mass is 16.7. The number of ether oxygens (including phenoxy) is 3. The zero-order valence-electron chi connectivity index (χ0n) is 12.4. The van der Waals surface area contributed by atoms with Crippen molar-refractivity contribution in [1.82, 2.24) is 4.90 Å². The smallest absolute Gasteiger partial charge is 0.411 e. The van der Waals surface area contributed by atoms with Gasteiger partial charge in [-0.25, -0.2) is 9.59 Å². The molecule has 0 aromatic carbocycles. The average Bonchev–Trinajstić information content (AvgIpc) is 2.33. The molecule has 2 atom stereocenters. The van der Waals surface area contributed by atoms with Crippen LogP contribution < -0.4 is 0 Å². The second kappa shape index (κ2) is 6.90. The second-order valence-corrected chi connectivity index (χ2v) is 5.75. The summed E-state index contributed by atoms with van der Waals surface area (Å²) in [6.07, 6.45) is -0.0329. The fourth-order valence-electron chi connectivity index (χ4n) is 2.02. The van der Waals surface area contributed by atoms with Gasteiger partial charge in [-0.2, -0.15) is 0 Å². The Hall–Kier alpha value is -1.34. The minimum absolute atomic E-state index is 0.115. The number of carbonyl (C=O) groups excluding carboxylic acids is 1. The molecule has 1 amide bonds. The van der Waals surface area contributed by atoms with Gasteiger partial charge in [-0.05, 0) is 27.2 Å². The average molecular weight is 289 g/mol. The maximum absolute atomic E-state index is 12.0. The summed E-state index contributed by atoms with van der Waals surface area (Å²) >= 11 is 0. The zero-order chi connectivity index (χ0) is 15.3. The van der Waals surface area contributed by atoms with Gasteiger partial charge in [0.05, 0.1) is 6.10 Å². The first-order valence-corrected chi connectivity index (χ1v) is 6.57. The summed E-state index contributed by atoms with van der Waals surface area (Å²) < 4.78 is 15.4. The largest absolute Gasteiger partial charge is 0.480 e. The van der Waals surface area contributed by atoms with Gasteiger partial charge in [0.1, 0.15) is 18.4 Å². The van der Waals surface area contributed by atoms with E-state index >= 15 is 0 Å². The number of likely N-dealkylation sites (tertiary alicyclic amines) is 1. The SMILES string of the molecule is COCO[C@@H]1CCN(C(=O)OC(C)(C)C)[C@@H](C(=O)O)C1. The number of nitrogens with zero attached hydrogens (tertiary/aromatic N) is 1. The van der Waals surface area contributed by atoms with Crippen LogP contribution in [0.2, 0.25) is 0 Å². The van der Waals surface area contributed by atoms with E-state index in [0.717, 1.165) is 0 Å². The lowest BCUT2D eigenvalue weighted by molar-refractivity contribution is -0.150. The zero-order valence-corrected chi connectivity index (χ0v) is 12.4. The van der Waals surface area contributed by atoms with Crippen LogP contribution in [0.1, 0.15) is 33.6 Å². The topological polar surface area (TPSA) is 85.3 Å². The Labute approximate surface area is 118 Å². The van der Waals surface area contributed by atoms with Crippen LogP contribution in [0.3, 0.4) is 0 Å². The minimum atomic E-state index is -1.05. The number of piperidine rings is 1. The number of amides is 1.